The number of rotatable bonds is 5. The smallest absolute Gasteiger partial charge is 0.338 e. The molecule has 0 fully saturated rings. The van der Waals surface area contributed by atoms with Gasteiger partial charge in [0, 0.05) is 16.8 Å². The number of thiocarbonyl (C=S) groups is 1. The van der Waals surface area contributed by atoms with E-state index in [-0.39, 0.29) is 33.6 Å². The highest BCUT2D eigenvalue weighted by Crippen LogP contribution is 2.24. The van der Waals surface area contributed by atoms with Gasteiger partial charge < -0.3 is 15.4 Å². The molecule has 2 N–H and O–H groups in total. The number of alkyl halides is 1. The molecule has 1 aliphatic rings. The summed E-state index contributed by atoms with van der Waals surface area (Å²) < 4.78 is 18.2. The molecule has 1 atom stereocenters. The number of carbonyl (C=O) groups excluding carboxylic acids is 1. The fraction of sp³-hybridized carbons (Fsp3) is 0.286. The van der Waals surface area contributed by atoms with Crippen LogP contribution in [0.15, 0.2) is 29.5 Å². The highest BCUT2D eigenvalue weighted by atomic mass is 35.5. The Morgan fingerprint density at radius 2 is 2.25 bits per heavy atom. The summed E-state index contributed by atoms with van der Waals surface area (Å²) in [6.45, 7) is 0.338. The zero-order valence-corrected chi connectivity index (χ0v) is 14.0. The summed E-state index contributed by atoms with van der Waals surface area (Å²) in [6, 6.07) is 3.00. The van der Waals surface area contributed by atoms with Gasteiger partial charge in [0.25, 0.3) is 5.69 Å². The van der Waals surface area contributed by atoms with Crippen molar-refractivity contribution in [1.29, 1.82) is 0 Å². The van der Waals surface area contributed by atoms with E-state index in [1.807, 2.05) is 0 Å². The lowest BCUT2D eigenvalue weighted by atomic mass is 10.0. The van der Waals surface area contributed by atoms with Crippen molar-refractivity contribution in [2.75, 3.05) is 6.67 Å². The van der Waals surface area contributed by atoms with E-state index in [1.165, 1.54) is 18.2 Å². The zero-order valence-electron chi connectivity index (χ0n) is 12.5. The van der Waals surface area contributed by atoms with Crippen molar-refractivity contribution in [3.05, 3.63) is 50.2 Å². The number of nitro groups is 1. The number of allylic oxidation sites excluding steroid dienone is 1. The third-order valence-electron chi connectivity index (χ3n) is 3.33. The van der Waals surface area contributed by atoms with E-state index < -0.39 is 23.6 Å². The number of carbonyl (C=O) groups is 1. The summed E-state index contributed by atoms with van der Waals surface area (Å²) in [6.07, 6.45) is 0. The van der Waals surface area contributed by atoms with Gasteiger partial charge in [0.2, 0.25) is 0 Å². The molecule has 0 amide bonds. The summed E-state index contributed by atoms with van der Waals surface area (Å²) in [5.74, 6) is -0.799. The molecule has 0 radical (unpaired) electrons. The molecule has 128 valence electrons. The molecule has 0 saturated carbocycles. The molecular weight excluding hydrogens is 361 g/mol. The maximum atomic E-state index is 13.1. The van der Waals surface area contributed by atoms with Crippen molar-refractivity contribution in [3.8, 4) is 0 Å². The van der Waals surface area contributed by atoms with Crippen LogP contribution in [0.4, 0.5) is 10.1 Å². The highest BCUT2D eigenvalue weighted by Gasteiger charge is 2.30. The second kappa shape index (κ2) is 7.54. The number of hydrogen-bond donors (Lipinski definition) is 2. The van der Waals surface area contributed by atoms with Gasteiger partial charge in [0.1, 0.15) is 13.3 Å². The van der Waals surface area contributed by atoms with Gasteiger partial charge in [0.05, 0.1) is 22.1 Å². The van der Waals surface area contributed by atoms with Gasteiger partial charge in [0.15, 0.2) is 5.11 Å². The van der Waals surface area contributed by atoms with Gasteiger partial charge in [-0.05, 0) is 31.3 Å². The first kappa shape index (κ1) is 18.1. The van der Waals surface area contributed by atoms with E-state index in [9.17, 15) is 19.3 Å². The predicted molar refractivity (Wildman–Crippen MR) is 89.2 cm³/mol. The summed E-state index contributed by atoms with van der Waals surface area (Å²) in [4.78, 5) is 22.6. The molecule has 24 heavy (non-hydrogen) atoms. The Labute approximate surface area is 147 Å². The standard InChI is InChI=1S/C14H13ClFN3O4S/c1-7-12(10(5-16)18-14(24)17-7)13(20)23-6-8-4-9(15)2-3-11(8)19(21)22/h2-4,10H,5-6H2,1H3,(H2,17,18,24). The topological polar surface area (TPSA) is 93.5 Å². The largest absolute Gasteiger partial charge is 0.457 e. The van der Waals surface area contributed by atoms with E-state index in [0.29, 0.717) is 5.70 Å². The van der Waals surface area contributed by atoms with Gasteiger partial charge in [-0.3, -0.25) is 10.1 Å². The van der Waals surface area contributed by atoms with E-state index in [2.05, 4.69) is 10.6 Å². The molecule has 1 aromatic carbocycles. The molecule has 0 aromatic heterocycles. The summed E-state index contributed by atoms with van der Waals surface area (Å²) in [7, 11) is 0. The van der Waals surface area contributed by atoms with Crippen LogP contribution in [-0.2, 0) is 16.1 Å². The van der Waals surface area contributed by atoms with Gasteiger partial charge in [-0.2, -0.15) is 0 Å². The lowest BCUT2D eigenvalue weighted by Crippen LogP contribution is -2.50. The van der Waals surface area contributed by atoms with Crippen molar-refractivity contribution in [3.63, 3.8) is 0 Å². The van der Waals surface area contributed by atoms with Gasteiger partial charge >= 0.3 is 5.97 Å². The van der Waals surface area contributed by atoms with E-state index in [4.69, 9.17) is 28.6 Å². The molecule has 0 aliphatic carbocycles. The Morgan fingerprint density at radius 3 is 2.88 bits per heavy atom. The van der Waals surface area contributed by atoms with Gasteiger partial charge in [-0.15, -0.1) is 0 Å². The van der Waals surface area contributed by atoms with Crippen molar-refractivity contribution >= 4 is 40.6 Å². The number of nitro benzene ring substituents is 1. The molecule has 0 spiro atoms. The van der Waals surface area contributed by atoms with Crippen LogP contribution < -0.4 is 10.6 Å². The van der Waals surface area contributed by atoms with Crippen LogP contribution in [0.25, 0.3) is 0 Å². The number of ether oxygens (including phenoxy) is 1. The Bertz CT molecular complexity index is 741. The number of nitrogens with zero attached hydrogens (tertiary/aromatic N) is 1. The third-order valence-corrected chi connectivity index (χ3v) is 3.79. The van der Waals surface area contributed by atoms with Gasteiger partial charge in [-0.25, -0.2) is 9.18 Å². The number of benzene rings is 1. The third kappa shape index (κ3) is 3.98. The average molecular weight is 374 g/mol. The second-order valence-corrected chi connectivity index (χ2v) is 5.79. The molecule has 1 unspecified atom stereocenters. The Kier molecular flexibility index (Phi) is 5.68. The van der Waals surface area contributed by atoms with Crippen molar-refractivity contribution in [2.24, 2.45) is 0 Å². The molecular formula is C14H13ClFN3O4S. The summed E-state index contributed by atoms with van der Waals surface area (Å²) >= 11 is 10.7. The minimum absolute atomic E-state index is 0.0516. The quantitative estimate of drug-likeness (QED) is 0.354. The Balaban J connectivity index is 2.19. The van der Waals surface area contributed by atoms with Gasteiger partial charge in [-0.1, -0.05) is 11.6 Å². The van der Waals surface area contributed by atoms with Crippen LogP contribution in [0.5, 0.6) is 0 Å². The van der Waals surface area contributed by atoms with Crippen molar-refractivity contribution in [2.45, 2.75) is 19.6 Å². The molecule has 1 aromatic rings. The molecule has 0 bridgehead atoms. The predicted octanol–water partition coefficient (Wildman–Crippen LogP) is 2.38. The first-order valence-electron chi connectivity index (χ1n) is 6.77. The summed E-state index contributed by atoms with van der Waals surface area (Å²) in [5.41, 5.74) is 0.340. The fourth-order valence-corrected chi connectivity index (χ4v) is 2.74. The number of esters is 1. The van der Waals surface area contributed by atoms with Crippen LogP contribution in [0, 0.1) is 10.1 Å². The van der Waals surface area contributed by atoms with Crippen molar-refractivity contribution < 1.29 is 18.8 Å². The first-order chi connectivity index (χ1) is 11.3. The normalized spacial score (nSPS) is 17.1. The molecule has 10 heteroatoms. The number of halogens is 2. The van der Waals surface area contributed by atoms with E-state index in [1.54, 1.807) is 6.92 Å². The van der Waals surface area contributed by atoms with Crippen LogP contribution >= 0.6 is 23.8 Å². The molecule has 0 saturated heterocycles. The molecule has 2 rings (SSSR count). The lowest BCUT2D eigenvalue weighted by molar-refractivity contribution is -0.385. The number of nitrogens with one attached hydrogen (secondary N) is 2. The molecule has 7 nitrogen and oxygen atoms in total. The first-order valence-corrected chi connectivity index (χ1v) is 7.56. The second-order valence-electron chi connectivity index (χ2n) is 4.95. The monoisotopic (exact) mass is 373 g/mol. The fourth-order valence-electron chi connectivity index (χ4n) is 2.25. The SMILES string of the molecule is CC1=C(C(=O)OCc2cc(Cl)ccc2[N+](=O)[O-])C(CF)NC(=S)N1. The minimum atomic E-state index is -0.930. The maximum absolute atomic E-state index is 13.1. The summed E-state index contributed by atoms with van der Waals surface area (Å²) in [5, 5.41) is 16.8. The van der Waals surface area contributed by atoms with Crippen molar-refractivity contribution in [1.82, 2.24) is 10.6 Å². The van der Waals surface area contributed by atoms with Crippen LogP contribution in [0.2, 0.25) is 5.02 Å². The van der Waals surface area contributed by atoms with Crippen LogP contribution in [0.1, 0.15) is 12.5 Å². The minimum Gasteiger partial charge on any atom is -0.457 e. The van der Waals surface area contributed by atoms with Crippen LogP contribution in [-0.4, -0.2) is 28.7 Å². The zero-order chi connectivity index (χ0) is 17.9. The average Bonchev–Trinajstić information content (AvgIpc) is 2.51. The van der Waals surface area contributed by atoms with E-state index >= 15 is 0 Å². The highest BCUT2D eigenvalue weighted by molar-refractivity contribution is 7.80. The Morgan fingerprint density at radius 1 is 1.54 bits per heavy atom. The number of hydrogen-bond acceptors (Lipinski definition) is 5. The van der Waals surface area contributed by atoms with E-state index in [0.717, 1.165) is 0 Å². The molecule has 1 heterocycles. The maximum Gasteiger partial charge on any atom is 0.338 e. The molecule has 1 aliphatic heterocycles. The lowest BCUT2D eigenvalue weighted by Gasteiger charge is -2.27. The Hall–Kier alpha value is -2.26. The van der Waals surface area contributed by atoms with Crippen LogP contribution in [0.3, 0.4) is 0 Å².